The minimum Gasteiger partial charge on any atom is -0.532 e. The molecule has 7 heteroatoms. The molecule has 4 aliphatic rings. The standard InChI is InChI=1S/C26H44NO3.C2H4NO.Y/c1-5-27-23(30)9-6-16(2)19-7-8-20-24-21(11-13-26(19,20)4)25(3)12-10-18(28)14-17(25)15-22(24)29;1-3-2-4;/h5,16-22,24,28-29H,6-15H2,1-4H3,(H,27,30);1H3,(H,3,4);/q2*-1;/t16-,17+,18-,19-,20+,21+,22+,24+,25+,26-;;/m1../s1. The molecule has 4 saturated carbocycles. The molecule has 35 heavy (non-hydrogen) atoms. The van der Waals surface area contributed by atoms with Crippen LogP contribution in [0.2, 0.25) is 0 Å². The molecule has 4 rings (SSSR count). The first-order valence-electron chi connectivity index (χ1n) is 13.6. The Morgan fingerprint density at radius 3 is 2.34 bits per heavy atom. The molecule has 0 aliphatic heterocycles. The molecule has 2 amide bonds. The van der Waals surface area contributed by atoms with E-state index < -0.39 is 0 Å². The molecule has 4 N–H and O–H groups in total. The van der Waals surface area contributed by atoms with Gasteiger partial charge < -0.3 is 25.6 Å². The van der Waals surface area contributed by atoms with Gasteiger partial charge in [0.15, 0.2) is 5.91 Å². The number of nitrogens with one attached hydrogen (secondary N) is 2. The molecule has 0 aromatic heterocycles. The smallest absolute Gasteiger partial charge is 0.191 e. The molecule has 0 saturated heterocycles. The van der Waals surface area contributed by atoms with Crippen LogP contribution in [0, 0.1) is 52.9 Å². The molecule has 0 aromatic carbocycles. The topological polar surface area (TPSA) is 98.7 Å². The fourth-order valence-corrected chi connectivity index (χ4v) is 8.97. The second-order valence-electron chi connectivity index (χ2n) is 12.2. The van der Waals surface area contributed by atoms with Crippen LogP contribution in [-0.2, 0) is 42.3 Å². The summed E-state index contributed by atoms with van der Waals surface area (Å²) >= 11 is 0. The Hall–Kier alpha value is -0.0361. The van der Waals surface area contributed by atoms with E-state index in [4.69, 9.17) is 4.79 Å². The zero-order valence-electron chi connectivity index (χ0n) is 22.6. The van der Waals surface area contributed by atoms with Crippen molar-refractivity contribution in [3.8, 4) is 0 Å². The van der Waals surface area contributed by atoms with Crippen molar-refractivity contribution in [2.45, 2.75) is 104 Å². The summed E-state index contributed by atoms with van der Waals surface area (Å²) in [4.78, 5) is 20.9. The van der Waals surface area contributed by atoms with Crippen LogP contribution in [-0.4, -0.2) is 41.8 Å². The normalized spacial score (nSPS) is 42.5. The van der Waals surface area contributed by atoms with Gasteiger partial charge >= 0.3 is 0 Å². The molecule has 4 fully saturated rings. The summed E-state index contributed by atoms with van der Waals surface area (Å²) in [6.07, 6.45) is 11.4. The van der Waals surface area contributed by atoms with E-state index in [1.807, 2.05) is 6.92 Å². The van der Waals surface area contributed by atoms with Gasteiger partial charge in [0.2, 0.25) is 0 Å². The molecule has 0 unspecified atom stereocenters. The molecular formula is C28H48N2O4Y-2. The van der Waals surface area contributed by atoms with Crippen LogP contribution in [0.4, 0.5) is 0 Å². The predicted molar refractivity (Wildman–Crippen MR) is 134 cm³/mol. The molecule has 0 aromatic rings. The maximum absolute atomic E-state index is 12.0. The summed E-state index contributed by atoms with van der Waals surface area (Å²) in [6, 6.07) is 0. The van der Waals surface area contributed by atoms with Crippen molar-refractivity contribution in [1.82, 2.24) is 10.6 Å². The van der Waals surface area contributed by atoms with E-state index in [-0.39, 0.29) is 50.8 Å². The largest absolute Gasteiger partial charge is 0.532 e. The van der Waals surface area contributed by atoms with Gasteiger partial charge in [0.05, 0.1) is 12.2 Å². The SMILES string of the molecule is CN[C-]=O.C[CH-]NC(=O)CC[C@@H](C)[C@H]1CC[C@H]2[C@@H]3[C@@H](O)C[C@@H]4C[C@H](O)CC[C@]4(C)[C@H]3CC[C@]12C.[Y]. The maximum Gasteiger partial charge on any atom is 0.191 e. The third kappa shape index (κ3) is 6.34. The Balaban J connectivity index is 0.000000804. The second-order valence-corrected chi connectivity index (χ2v) is 12.2. The maximum atomic E-state index is 12.0. The van der Waals surface area contributed by atoms with Crippen LogP contribution in [0.25, 0.3) is 0 Å². The van der Waals surface area contributed by atoms with Gasteiger partial charge in [-0.1, -0.05) is 20.8 Å². The second kappa shape index (κ2) is 13.2. The Morgan fingerprint density at radius 1 is 1.09 bits per heavy atom. The van der Waals surface area contributed by atoms with Gasteiger partial charge in [-0.3, -0.25) is 4.79 Å². The summed E-state index contributed by atoms with van der Waals surface area (Å²) in [7, 11) is 1.51. The molecule has 4 aliphatic carbocycles. The van der Waals surface area contributed by atoms with Crippen molar-refractivity contribution < 1.29 is 52.5 Å². The number of carbonyl (C=O) groups is 1. The van der Waals surface area contributed by atoms with Crippen LogP contribution in [0.15, 0.2) is 0 Å². The van der Waals surface area contributed by atoms with Crippen LogP contribution >= 0.6 is 0 Å². The Bertz CT molecular complexity index is 708. The summed E-state index contributed by atoms with van der Waals surface area (Å²) in [5.74, 6) is 3.47. The van der Waals surface area contributed by atoms with Gasteiger partial charge in [-0.15, -0.1) is 0 Å². The fraction of sp³-hybridized carbons (Fsp3) is 0.893. The van der Waals surface area contributed by atoms with E-state index in [1.54, 1.807) is 6.54 Å². The van der Waals surface area contributed by atoms with Crippen LogP contribution in [0.5, 0.6) is 0 Å². The zero-order valence-corrected chi connectivity index (χ0v) is 25.4. The van der Waals surface area contributed by atoms with Crippen molar-refractivity contribution in [2.75, 3.05) is 7.05 Å². The van der Waals surface area contributed by atoms with Crippen molar-refractivity contribution in [1.29, 1.82) is 0 Å². The number of aliphatic hydroxyl groups is 2. The molecule has 0 heterocycles. The molecule has 6 nitrogen and oxygen atoms in total. The average Bonchev–Trinajstić information content (AvgIpc) is 3.16. The summed E-state index contributed by atoms with van der Waals surface area (Å²) in [5.41, 5.74) is 0.592. The van der Waals surface area contributed by atoms with Crippen LogP contribution in [0.3, 0.4) is 0 Å². The number of amides is 2. The number of aliphatic hydroxyl groups excluding tert-OH is 2. The van der Waals surface area contributed by atoms with E-state index in [2.05, 4.69) is 31.4 Å². The van der Waals surface area contributed by atoms with Gasteiger partial charge in [-0.2, -0.15) is 13.3 Å². The zero-order chi connectivity index (χ0) is 25.1. The molecule has 1 radical (unpaired) electrons. The van der Waals surface area contributed by atoms with E-state index in [0.717, 1.165) is 32.1 Å². The third-order valence-corrected chi connectivity index (χ3v) is 10.6. The Morgan fingerprint density at radius 2 is 1.71 bits per heavy atom. The summed E-state index contributed by atoms with van der Waals surface area (Å²) < 4.78 is 0. The van der Waals surface area contributed by atoms with Crippen LogP contribution < -0.4 is 10.6 Å². The molecule has 0 bridgehead atoms. The van der Waals surface area contributed by atoms with Crippen molar-refractivity contribution in [3.63, 3.8) is 0 Å². The quantitative estimate of drug-likeness (QED) is 0.290. The van der Waals surface area contributed by atoms with Crippen LogP contribution in [0.1, 0.15) is 91.9 Å². The van der Waals surface area contributed by atoms with E-state index in [9.17, 15) is 15.0 Å². The summed E-state index contributed by atoms with van der Waals surface area (Å²) in [6.45, 7) is 10.9. The molecule has 0 spiro atoms. The van der Waals surface area contributed by atoms with Crippen molar-refractivity contribution >= 4 is 12.3 Å². The average molecular weight is 566 g/mol. The van der Waals surface area contributed by atoms with Crippen molar-refractivity contribution in [3.05, 3.63) is 6.54 Å². The van der Waals surface area contributed by atoms with Gasteiger partial charge in [-0.25, -0.2) is 6.54 Å². The minimum absolute atomic E-state index is 0. The number of hydrogen-bond donors (Lipinski definition) is 4. The van der Waals surface area contributed by atoms with E-state index in [0.29, 0.717) is 52.8 Å². The number of carbonyl (C=O) groups excluding carboxylic acids is 2. The Labute approximate surface area is 238 Å². The minimum atomic E-state index is -0.206. The van der Waals surface area contributed by atoms with Crippen molar-refractivity contribution in [2.24, 2.45) is 46.3 Å². The molecule has 199 valence electrons. The van der Waals surface area contributed by atoms with Gasteiger partial charge in [0.1, 0.15) is 0 Å². The number of hydrogen-bond acceptors (Lipinski definition) is 4. The first kappa shape index (κ1) is 31.2. The molecular weight excluding hydrogens is 517 g/mol. The van der Waals surface area contributed by atoms with E-state index in [1.165, 1.54) is 39.1 Å². The predicted octanol–water partition coefficient (Wildman–Crippen LogP) is 3.96. The van der Waals surface area contributed by atoms with Gasteiger partial charge in [0.25, 0.3) is 0 Å². The Kier molecular flexibility index (Phi) is 11.7. The van der Waals surface area contributed by atoms with Gasteiger partial charge in [-0.05, 0) is 111 Å². The number of fused-ring (bicyclic) bond motifs is 5. The first-order chi connectivity index (χ1) is 16.1. The monoisotopic (exact) mass is 565 g/mol. The van der Waals surface area contributed by atoms with Gasteiger partial charge in [0, 0.05) is 39.1 Å². The van der Waals surface area contributed by atoms with E-state index >= 15 is 0 Å². The first-order valence-corrected chi connectivity index (χ1v) is 13.6. The number of rotatable bonds is 6. The fourth-order valence-electron chi connectivity index (χ4n) is 8.97. The third-order valence-electron chi connectivity index (χ3n) is 10.6. The molecule has 10 atom stereocenters. The summed E-state index contributed by atoms with van der Waals surface area (Å²) in [5, 5.41) is 26.5.